The fraction of sp³-hybridized carbons (Fsp3) is 0.316. The maximum atomic E-state index is 12.3. The van der Waals surface area contributed by atoms with Crippen molar-refractivity contribution in [1.29, 1.82) is 0 Å². The van der Waals surface area contributed by atoms with Gasteiger partial charge in [-0.05, 0) is 20.8 Å². The smallest absolute Gasteiger partial charge is 0.342 e. The minimum absolute atomic E-state index is 0.0683. The third-order valence-electron chi connectivity index (χ3n) is 4.05. The molecule has 1 atom stereocenters. The monoisotopic (exact) mass is 374 g/mol. The number of benzene rings is 1. The van der Waals surface area contributed by atoms with Crippen LogP contribution >= 0.6 is 0 Å². The number of carbonyl (C=O) groups excluding carboxylic acids is 3. The normalized spacial score (nSPS) is 11.7. The van der Waals surface area contributed by atoms with Crippen molar-refractivity contribution >= 4 is 23.7 Å². The Bertz CT molecular complexity index is 829. The molecule has 0 unspecified atom stereocenters. The fourth-order valence-corrected chi connectivity index (χ4v) is 2.67. The maximum Gasteiger partial charge on any atom is 0.342 e. The predicted molar refractivity (Wildman–Crippen MR) is 98.2 cm³/mol. The number of furan rings is 1. The molecule has 2 aromatic rings. The van der Waals surface area contributed by atoms with Gasteiger partial charge in [0, 0.05) is 5.56 Å². The van der Waals surface area contributed by atoms with Crippen molar-refractivity contribution in [1.82, 2.24) is 0 Å². The number of primary amides is 1. The molecule has 0 aliphatic carbocycles. The van der Waals surface area contributed by atoms with Crippen LogP contribution in [0.2, 0.25) is 0 Å². The topological polar surface area (TPSA) is 128 Å². The highest BCUT2D eigenvalue weighted by Crippen LogP contribution is 2.27. The van der Waals surface area contributed by atoms with Gasteiger partial charge in [-0.25, -0.2) is 4.79 Å². The molecular formula is C19H24N3O5+. The highest BCUT2D eigenvalue weighted by atomic mass is 16.5. The van der Waals surface area contributed by atoms with Crippen LogP contribution in [0.4, 0.5) is 5.88 Å². The SMILES string of the molecule is CCOC(=O)c1c(C)oc(NC(=O)C[NH2+][C@@H](C)c2ccccc2)c1C(N)=O. The predicted octanol–water partition coefficient (Wildman–Crippen LogP) is 1.13. The van der Waals surface area contributed by atoms with E-state index in [4.69, 9.17) is 14.9 Å². The number of quaternary nitrogens is 1. The van der Waals surface area contributed by atoms with Gasteiger partial charge in [0.1, 0.15) is 22.9 Å². The second-order valence-corrected chi connectivity index (χ2v) is 6.01. The van der Waals surface area contributed by atoms with Crippen molar-refractivity contribution in [2.24, 2.45) is 5.73 Å². The van der Waals surface area contributed by atoms with Gasteiger partial charge >= 0.3 is 5.97 Å². The summed E-state index contributed by atoms with van der Waals surface area (Å²) in [6, 6.07) is 9.82. The second kappa shape index (κ2) is 9.00. The van der Waals surface area contributed by atoms with E-state index < -0.39 is 11.9 Å². The Labute approximate surface area is 157 Å². The Balaban J connectivity index is 2.10. The Morgan fingerprint density at radius 3 is 2.48 bits per heavy atom. The van der Waals surface area contributed by atoms with Gasteiger partial charge in [0.2, 0.25) is 5.88 Å². The number of nitrogens with one attached hydrogen (secondary N) is 1. The van der Waals surface area contributed by atoms with E-state index in [9.17, 15) is 14.4 Å². The van der Waals surface area contributed by atoms with Gasteiger partial charge in [-0.1, -0.05) is 30.3 Å². The van der Waals surface area contributed by atoms with Gasteiger partial charge in [0.25, 0.3) is 11.8 Å². The minimum atomic E-state index is -0.883. The maximum absolute atomic E-state index is 12.3. The van der Waals surface area contributed by atoms with E-state index >= 15 is 0 Å². The molecule has 2 amide bonds. The molecule has 2 rings (SSSR count). The first-order valence-electron chi connectivity index (χ1n) is 8.63. The van der Waals surface area contributed by atoms with Gasteiger partial charge in [-0.2, -0.15) is 0 Å². The van der Waals surface area contributed by atoms with E-state index in [1.54, 1.807) is 6.92 Å². The van der Waals surface area contributed by atoms with Crippen LogP contribution in [0.3, 0.4) is 0 Å². The zero-order valence-electron chi connectivity index (χ0n) is 15.6. The lowest BCUT2D eigenvalue weighted by Gasteiger charge is -2.10. The third kappa shape index (κ3) is 4.95. The molecule has 8 nitrogen and oxygen atoms in total. The van der Waals surface area contributed by atoms with Crippen LogP contribution in [0.1, 0.15) is 51.9 Å². The Hall–Kier alpha value is -3.13. The molecule has 0 saturated heterocycles. The van der Waals surface area contributed by atoms with Crippen LogP contribution < -0.4 is 16.4 Å². The van der Waals surface area contributed by atoms with Crippen LogP contribution in [0, 0.1) is 6.92 Å². The van der Waals surface area contributed by atoms with Gasteiger partial charge in [0.05, 0.1) is 6.61 Å². The van der Waals surface area contributed by atoms with E-state index in [-0.39, 0.29) is 47.9 Å². The summed E-state index contributed by atoms with van der Waals surface area (Å²) in [5, 5.41) is 4.36. The number of hydrogen-bond acceptors (Lipinski definition) is 5. The summed E-state index contributed by atoms with van der Waals surface area (Å²) in [5.74, 6) is -1.98. The first kappa shape index (κ1) is 20.2. The van der Waals surface area contributed by atoms with Gasteiger partial charge in [-0.3, -0.25) is 14.9 Å². The van der Waals surface area contributed by atoms with Crippen molar-refractivity contribution in [3.8, 4) is 0 Å². The number of rotatable bonds is 8. The van der Waals surface area contributed by atoms with Crippen LogP contribution in [0.25, 0.3) is 0 Å². The Morgan fingerprint density at radius 1 is 1.22 bits per heavy atom. The quantitative estimate of drug-likeness (QED) is 0.597. The number of carbonyl (C=O) groups is 3. The molecule has 8 heteroatoms. The summed E-state index contributed by atoms with van der Waals surface area (Å²) in [4.78, 5) is 36.1. The fourth-order valence-electron chi connectivity index (χ4n) is 2.67. The first-order valence-corrected chi connectivity index (χ1v) is 8.63. The summed E-state index contributed by atoms with van der Waals surface area (Å²) in [6.45, 7) is 5.35. The Kier molecular flexibility index (Phi) is 6.73. The second-order valence-electron chi connectivity index (χ2n) is 6.01. The highest BCUT2D eigenvalue weighted by molar-refractivity contribution is 6.10. The summed E-state index contributed by atoms with van der Waals surface area (Å²) in [6.07, 6.45) is 0. The van der Waals surface area contributed by atoms with E-state index in [1.807, 2.05) is 42.6 Å². The zero-order valence-corrected chi connectivity index (χ0v) is 15.6. The first-order chi connectivity index (χ1) is 12.8. The van der Waals surface area contributed by atoms with Crippen molar-refractivity contribution < 1.29 is 28.9 Å². The average Bonchev–Trinajstić information content (AvgIpc) is 2.96. The lowest BCUT2D eigenvalue weighted by atomic mass is 10.1. The molecule has 0 saturated carbocycles. The third-order valence-corrected chi connectivity index (χ3v) is 4.05. The molecule has 0 fully saturated rings. The molecule has 27 heavy (non-hydrogen) atoms. The van der Waals surface area contributed by atoms with Crippen LogP contribution in [-0.4, -0.2) is 30.9 Å². The summed E-state index contributed by atoms with van der Waals surface area (Å²) in [5.41, 5.74) is 6.20. The molecule has 1 aromatic carbocycles. The summed E-state index contributed by atoms with van der Waals surface area (Å²) >= 11 is 0. The van der Waals surface area contributed by atoms with E-state index in [0.717, 1.165) is 5.56 Å². The van der Waals surface area contributed by atoms with Gasteiger partial charge in [0.15, 0.2) is 6.54 Å². The molecule has 0 radical (unpaired) electrons. The molecule has 1 heterocycles. The average molecular weight is 374 g/mol. The Morgan fingerprint density at radius 2 is 1.89 bits per heavy atom. The number of ether oxygens (including phenoxy) is 1. The molecular weight excluding hydrogens is 350 g/mol. The van der Waals surface area contributed by atoms with Crippen LogP contribution in [0.5, 0.6) is 0 Å². The number of aryl methyl sites for hydroxylation is 1. The van der Waals surface area contributed by atoms with Crippen molar-refractivity contribution in [2.45, 2.75) is 26.8 Å². The molecule has 1 aromatic heterocycles. The van der Waals surface area contributed by atoms with Crippen molar-refractivity contribution in [3.05, 3.63) is 52.8 Å². The molecule has 5 N–H and O–H groups in total. The lowest BCUT2D eigenvalue weighted by molar-refractivity contribution is -0.682. The van der Waals surface area contributed by atoms with Gasteiger partial charge in [-0.15, -0.1) is 0 Å². The molecule has 0 aliphatic rings. The molecule has 0 spiro atoms. The summed E-state index contributed by atoms with van der Waals surface area (Å²) < 4.78 is 10.3. The molecule has 144 valence electrons. The van der Waals surface area contributed by atoms with Crippen LogP contribution in [0.15, 0.2) is 34.7 Å². The summed E-state index contributed by atoms with van der Waals surface area (Å²) in [7, 11) is 0. The number of anilines is 1. The number of hydrogen-bond donors (Lipinski definition) is 3. The molecule has 0 aliphatic heterocycles. The van der Waals surface area contributed by atoms with E-state index in [1.165, 1.54) is 6.92 Å². The minimum Gasteiger partial charge on any atom is -0.462 e. The number of amides is 2. The van der Waals surface area contributed by atoms with Crippen LogP contribution in [-0.2, 0) is 9.53 Å². The van der Waals surface area contributed by atoms with E-state index in [2.05, 4.69) is 5.32 Å². The largest absolute Gasteiger partial charge is 0.462 e. The van der Waals surface area contributed by atoms with E-state index in [0.29, 0.717) is 0 Å². The van der Waals surface area contributed by atoms with Crippen molar-refractivity contribution in [2.75, 3.05) is 18.5 Å². The number of esters is 1. The lowest BCUT2D eigenvalue weighted by Crippen LogP contribution is -2.86. The number of nitrogens with two attached hydrogens (primary N) is 2. The van der Waals surface area contributed by atoms with Crippen molar-refractivity contribution in [3.63, 3.8) is 0 Å². The highest BCUT2D eigenvalue weighted by Gasteiger charge is 2.29. The zero-order chi connectivity index (χ0) is 20.0. The standard InChI is InChI=1S/C19H23N3O5/c1-4-26-19(25)15-12(3)27-18(16(15)17(20)24)22-14(23)10-21-11(2)13-8-6-5-7-9-13/h5-9,11,21H,4,10H2,1-3H3,(H2,20,24)(H,22,23)/p+1/t11-/m0/s1. The van der Waals surface area contributed by atoms with Gasteiger partial charge < -0.3 is 20.2 Å². The molecule has 0 bridgehead atoms.